The number of nitrogens with one attached hydrogen (secondary N) is 1. The van der Waals surface area contributed by atoms with Gasteiger partial charge in [0.25, 0.3) is 5.69 Å². The molecule has 1 atom stereocenters. The molecule has 9 heteroatoms. The normalized spacial score (nSPS) is 13.0. The molecule has 0 fully saturated rings. The van der Waals surface area contributed by atoms with Gasteiger partial charge < -0.3 is 5.73 Å². The highest BCUT2D eigenvalue weighted by atomic mass is 32.2. The number of alkyl halides is 3. The Labute approximate surface area is 110 Å². The fraction of sp³-hybridized carbons (Fsp3) is 0.300. The lowest BCUT2D eigenvalue weighted by atomic mass is 10.1. The average molecular weight is 293 g/mol. The predicted molar refractivity (Wildman–Crippen MR) is 65.3 cm³/mol. The molecule has 1 rings (SSSR count). The summed E-state index contributed by atoms with van der Waals surface area (Å²) >= 11 is 0.656. The second kappa shape index (κ2) is 5.91. The summed E-state index contributed by atoms with van der Waals surface area (Å²) in [6.45, 7) is 0. The maximum Gasteiger partial charge on any atom is 0.399 e. The molecule has 0 saturated heterocycles. The van der Waals surface area contributed by atoms with Crippen LogP contribution in [0.3, 0.4) is 0 Å². The van der Waals surface area contributed by atoms with Gasteiger partial charge in [0, 0.05) is 11.8 Å². The Morgan fingerprint density at radius 2 is 2.05 bits per heavy atom. The molecule has 19 heavy (non-hydrogen) atoms. The van der Waals surface area contributed by atoms with E-state index in [1.807, 2.05) is 0 Å². The van der Waals surface area contributed by atoms with Gasteiger partial charge in [-0.1, -0.05) is 12.1 Å². The highest BCUT2D eigenvalue weighted by Gasteiger charge is 2.42. The van der Waals surface area contributed by atoms with Crippen LogP contribution in [-0.4, -0.2) is 22.7 Å². The minimum Gasteiger partial charge on any atom is -0.387 e. The topological polar surface area (TPSA) is 93.0 Å². The molecule has 0 aromatic heterocycles. The van der Waals surface area contributed by atoms with E-state index in [-0.39, 0.29) is 10.6 Å². The lowest BCUT2D eigenvalue weighted by Gasteiger charge is -2.18. The van der Waals surface area contributed by atoms with Gasteiger partial charge in [-0.15, -0.1) is 11.8 Å². The smallest absolute Gasteiger partial charge is 0.387 e. The number of nitrogens with two attached hydrogens (primary N) is 1. The predicted octanol–water partition coefficient (Wildman–Crippen LogP) is 2.80. The minimum atomic E-state index is -4.64. The summed E-state index contributed by atoms with van der Waals surface area (Å²) in [5, 5.41) is 17.6. The van der Waals surface area contributed by atoms with E-state index in [0.717, 1.165) is 0 Å². The third-order valence-electron chi connectivity index (χ3n) is 2.24. The van der Waals surface area contributed by atoms with Gasteiger partial charge in [-0.3, -0.25) is 15.5 Å². The molecule has 1 aromatic carbocycles. The number of para-hydroxylation sites is 1. The van der Waals surface area contributed by atoms with Crippen molar-refractivity contribution in [2.45, 2.75) is 11.1 Å². The summed E-state index contributed by atoms with van der Waals surface area (Å²) in [7, 11) is 0. The van der Waals surface area contributed by atoms with Crippen LogP contribution >= 0.6 is 11.8 Å². The zero-order valence-corrected chi connectivity index (χ0v) is 10.3. The average Bonchev–Trinajstić information content (AvgIpc) is 2.27. The fourth-order valence-corrected chi connectivity index (χ4v) is 2.44. The van der Waals surface area contributed by atoms with E-state index in [9.17, 15) is 23.3 Å². The first-order valence-electron chi connectivity index (χ1n) is 5.00. The molecule has 1 aromatic rings. The third kappa shape index (κ3) is 4.12. The van der Waals surface area contributed by atoms with E-state index in [4.69, 9.17) is 11.1 Å². The Bertz CT molecular complexity index is 493. The summed E-state index contributed by atoms with van der Waals surface area (Å²) < 4.78 is 37.7. The Morgan fingerprint density at radius 1 is 1.47 bits per heavy atom. The van der Waals surface area contributed by atoms with Crippen molar-refractivity contribution >= 4 is 23.3 Å². The van der Waals surface area contributed by atoms with Crippen molar-refractivity contribution in [2.75, 3.05) is 5.75 Å². The van der Waals surface area contributed by atoms with Gasteiger partial charge in [0.15, 0.2) is 0 Å². The molecular weight excluding hydrogens is 283 g/mol. The SMILES string of the molecule is N=C(N)C(CSc1ccccc1[N+](=O)[O-])C(F)(F)F. The van der Waals surface area contributed by atoms with Crippen LogP contribution in [0.4, 0.5) is 18.9 Å². The van der Waals surface area contributed by atoms with Crippen LogP contribution in [0.1, 0.15) is 0 Å². The Hall–Kier alpha value is -1.77. The van der Waals surface area contributed by atoms with Crippen LogP contribution in [0.2, 0.25) is 0 Å². The molecule has 5 nitrogen and oxygen atoms in total. The number of amidine groups is 1. The Kier molecular flexibility index (Phi) is 4.76. The molecule has 0 amide bonds. The number of nitro groups is 1. The fourth-order valence-electron chi connectivity index (χ4n) is 1.26. The van der Waals surface area contributed by atoms with E-state index >= 15 is 0 Å². The van der Waals surface area contributed by atoms with Crippen molar-refractivity contribution in [1.82, 2.24) is 0 Å². The Balaban J connectivity index is 2.87. The van der Waals surface area contributed by atoms with Crippen LogP contribution in [0.15, 0.2) is 29.2 Å². The molecule has 0 aliphatic carbocycles. The molecule has 0 heterocycles. The van der Waals surface area contributed by atoms with Crippen LogP contribution in [-0.2, 0) is 0 Å². The lowest BCUT2D eigenvalue weighted by Crippen LogP contribution is -2.36. The largest absolute Gasteiger partial charge is 0.399 e. The molecule has 0 spiro atoms. The van der Waals surface area contributed by atoms with E-state index in [2.05, 4.69) is 0 Å². The molecule has 0 aliphatic rings. The first-order chi connectivity index (χ1) is 8.73. The molecule has 1 unspecified atom stereocenters. The Morgan fingerprint density at radius 3 is 2.53 bits per heavy atom. The van der Waals surface area contributed by atoms with E-state index < -0.39 is 28.6 Å². The van der Waals surface area contributed by atoms with E-state index in [1.165, 1.54) is 24.3 Å². The van der Waals surface area contributed by atoms with Gasteiger partial charge in [0.1, 0.15) is 11.8 Å². The van der Waals surface area contributed by atoms with Gasteiger partial charge in [0.05, 0.1) is 9.82 Å². The van der Waals surface area contributed by atoms with Crippen molar-refractivity contribution in [3.8, 4) is 0 Å². The number of nitrogens with zero attached hydrogens (tertiary/aromatic N) is 1. The lowest BCUT2D eigenvalue weighted by molar-refractivity contribution is -0.387. The van der Waals surface area contributed by atoms with Crippen molar-refractivity contribution in [3.05, 3.63) is 34.4 Å². The number of halogens is 3. The van der Waals surface area contributed by atoms with Crippen molar-refractivity contribution in [3.63, 3.8) is 0 Å². The standard InChI is InChI=1S/C10H10F3N3O2S/c11-10(12,13)6(9(14)15)5-19-8-4-2-1-3-7(8)16(17)18/h1-4,6H,5H2,(H3,14,15). The molecule has 0 aliphatic heterocycles. The van der Waals surface area contributed by atoms with Crippen molar-refractivity contribution in [2.24, 2.45) is 11.7 Å². The minimum absolute atomic E-state index is 0.114. The number of hydrogen-bond donors (Lipinski definition) is 2. The zero-order valence-electron chi connectivity index (χ0n) is 9.48. The molecular formula is C10H10F3N3O2S. The van der Waals surface area contributed by atoms with Crippen LogP contribution < -0.4 is 5.73 Å². The van der Waals surface area contributed by atoms with Crippen LogP contribution in [0, 0.1) is 21.4 Å². The summed E-state index contributed by atoms with van der Waals surface area (Å²) in [6.07, 6.45) is -4.64. The van der Waals surface area contributed by atoms with E-state index in [1.54, 1.807) is 0 Å². The van der Waals surface area contributed by atoms with Crippen molar-refractivity contribution in [1.29, 1.82) is 5.41 Å². The summed E-state index contributed by atoms with van der Waals surface area (Å²) in [6, 6.07) is 5.48. The number of nitro benzene ring substituents is 1. The second-order valence-electron chi connectivity index (χ2n) is 3.59. The molecule has 0 radical (unpaired) electrons. The van der Waals surface area contributed by atoms with Crippen LogP contribution in [0.25, 0.3) is 0 Å². The van der Waals surface area contributed by atoms with E-state index in [0.29, 0.717) is 11.8 Å². The van der Waals surface area contributed by atoms with Gasteiger partial charge >= 0.3 is 6.18 Å². The van der Waals surface area contributed by atoms with Crippen molar-refractivity contribution < 1.29 is 18.1 Å². The maximum atomic E-state index is 12.6. The quantitative estimate of drug-likeness (QED) is 0.287. The summed E-state index contributed by atoms with van der Waals surface area (Å²) in [5.74, 6) is -3.68. The summed E-state index contributed by atoms with van der Waals surface area (Å²) in [4.78, 5) is 10.1. The monoisotopic (exact) mass is 293 g/mol. The molecule has 0 saturated carbocycles. The van der Waals surface area contributed by atoms with Crippen LogP contribution in [0.5, 0.6) is 0 Å². The maximum absolute atomic E-state index is 12.6. The number of hydrogen-bond acceptors (Lipinski definition) is 4. The number of rotatable bonds is 5. The van der Waals surface area contributed by atoms with Gasteiger partial charge in [-0.25, -0.2) is 0 Å². The number of thioether (sulfide) groups is 1. The third-order valence-corrected chi connectivity index (χ3v) is 3.39. The first-order valence-corrected chi connectivity index (χ1v) is 5.99. The molecule has 3 N–H and O–H groups in total. The highest BCUT2D eigenvalue weighted by Crippen LogP contribution is 2.35. The molecule has 104 valence electrons. The van der Waals surface area contributed by atoms with Gasteiger partial charge in [-0.2, -0.15) is 13.2 Å². The summed E-state index contributed by atoms with van der Waals surface area (Å²) in [5.41, 5.74) is 4.63. The highest BCUT2D eigenvalue weighted by molar-refractivity contribution is 7.99. The van der Waals surface area contributed by atoms with Gasteiger partial charge in [0.2, 0.25) is 0 Å². The van der Waals surface area contributed by atoms with Gasteiger partial charge in [-0.05, 0) is 6.07 Å². The number of benzene rings is 1. The second-order valence-corrected chi connectivity index (χ2v) is 4.65. The first kappa shape index (κ1) is 15.3. The zero-order chi connectivity index (χ0) is 14.6. The molecule has 0 bridgehead atoms.